The van der Waals surface area contributed by atoms with Gasteiger partial charge in [0.2, 0.25) is 0 Å². The van der Waals surface area contributed by atoms with Crippen LogP contribution in [0.1, 0.15) is 40.1 Å². The predicted molar refractivity (Wildman–Crippen MR) is 129 cm³/mol. The van der Waals surface area contributed by atoms with Gasteiger partial charge in [-0.3, -0.25) is 4.79 Å². The molecule has 1 unspecified atom stereocenters. The van der Waals surface area contributed by atoms with Crippen molar-refractivity contribution >= 4 is 11.7 Å². The molecule has 1 atom stereocenters. The third kappa shape index (κ3) is 5.97. The van der Waals surface area contributed by atoms with E-state index in [0.717, 1.165) is 36.5 Å². The third-order valence-corrected chi connectivity index (χ3v) is 6.00. The molecule has 0 bridgehead atoms. The standard InChI is InChI=1S/C27H31N3O3/c1-2-21-8-10-23(11-9-21)25(31)20-30(19-22-6-4-3-5-7-22)27(32)24-12-13-26(28-18-24)29-14-16-33-17-15-29/h3-13,18,25,31H,2,14-17,19-20H2,1H3. The number of rotatable bonds is 8. The summed E-state index contributed by atoms with van der Waals surface area (Å²) in [5, 5.41) is 10.9. The first-order chi connectivity index (χ1) is 16.1. The molecule has 1 aliphatic heterocycles. The van der Waals surface area contributed by atoms with Crippen molar-refractivity contribution < 1.29 is 14.6 Å². The summed E-state index contributed by atoms with van der Waals surface area (Å²) in [5.74, 6) is 0.699. The molecule has 1 N–H and O–H groups in total. The Morgan fingerprint density at radius 2 is 1.76 bits per heavy atom. The average molecular weight is 446 g/mol. The van der Waals surface area contributed by atoms with Crippen LogP contribution in [0.25, 0.3) is 0 Å². The lowest BCUT2D eigenvalue weighted by atomic mass is 10.0. The third-order valence-electron chi connectivity index (χ3n) is 6.00. The number of hydrogen-bond donors (Lipinski definition) is 1. The Balaban J connectivity index is 1.52. The molecule has 6 heteroatoms. The van der Waals surface area contributed by atoms with Gasteiger partial charge in [0.15, 0.2) is 0 Å². The molecule has 4 rings (SSSR count). The molecule has 172 valence electrons. The largest absolute Gasteiger partial charge is 0.387 e. The maximum Gasteiger partial charge on any atom is 0.255 e. The highest BCUT2D eigenvalue weighted by Gasteiger charge is 2.22. The molecule has 1 fully saturated rings. The number of benzene rings is 2. The number of ether oxygens (including phenoxy) is 1. The van der Waals surface area contributed by atoms with Crippen LogP contribution in [-0.4, -0.2) is 53.7 Å². The van der Waals surface area contributed by atoms with Crippen LogP contribution in [0.4, 0.5) is 5.82 Å². The lowest BCUT2D eigenvalue weighted by Gasteiger charge is -2.28. The molecule has 0 radical (unpaired) electrons. The Hall–Kier alpha value is -3.22. The maximum atomic E-state index is 13.4. The van der Waals surface area contributed by atoms with E-state index in [1.807, 2.05) is 66.7 Å². The van der Waals surface area contributed by atoms with Crippen LogP contribution in [0.5, 0.6) is 0 Å². The molecule has 0 spiro atoms. The molecule has 6 nitrogen and oxygen atoms in total. The van der Waals surface area contributed by atoms with E-state index in [9.17, 15) is 9.90 Å². The van der Waals surface area contributed by atoms with Crippen LogP contribution in [-0.2, 0) is 17.7 Å². The second-order valence-electron chi connectivity index (χ2n) is 8.29. The number of morpholine rings is 1. The summed E-state index contributed by atoms with van der Waals surface area (Å²) >= 11 is 0. The van der Waals surface area contributed by atoms with Crippen LogP contribution in [0.3, 0.4) is 0 Å². The predicted octanol–water partition coefficient (Wildman–Crippen LogP) is 3.86. The lowest BCUT2D eigenvalue weighted by molar-refractivity contribution is 0.0603. The fraction of sp³-hybridized carbons (Fsp3) is 0.333. The zero-order valence-electron chi connectivity index (χ0n) is 19.1. The molecule has 3 aromatic rings. The minimum atomic E-state index is -0.774. The highest BCUT2D eigenvalue weighted by molar-refractivity contribution is 5.94. The summed E-state index contributed by atoms with van der Waals surface area (Å²) in [7, 11) is 0. The monoisotopic (exact) mass is 445 g/mol. The molecular formula is C27H31N3O3. The number of pyridine rings is 1. The van der Waals surface area contributed by atoms with E-state index in [1.165, 1.54) is 5.56 Å². The van der Waals surface area contributed by atoms with E-state index in [0.29, 0.717) is 25.3 Å². The van der Waals surface area contributed by atoms with Gasteiger partial charge in [0.05, 0.1) is 31.4 Å². The molecule has 2 heterocycles. The topological polar surface area (TPSA) is 65.9 Å². The Morgan fingerprint density at radius 3 is 2.39 bits per heavy atom. The smallest absolute Gasteiger partial charge is 0.255 e. The Bertz CT molecular complexity index is 1020. The van der Waals surface area contributed by atoms with Crippen molar-refractivity contribution in [2.75, 3.05) is 37.7 Å². The fourth-order valence-electron chi connectivity index (χ4n) is 3.99. The van der Waals surface area contributed by atoms with Crippen molar-refractivity contribution in [2.24, 2.45) is 0 Å². The van der Waals surface area contributed by atoms with Gasteiger partial charge in [0.25, 0.3) is 5.91 Å². The van der Waals surface area contributed by atoms with Gasteiger partial charge in [0.1, 0.15) is 5.82 Å². The number of amides is 1. The second kappa shape index (κ2) is 11.1. The van der Waals surface area contributed by atoms with E-state index in [1.54, 1.807) is 11.1 Å². The lowest BCUT2D eigenvalue weighted by Crippen LogP contribution is -2.37. The minimum absolute atomic E-state index is 0.149. The maximum absolute atomic E-state index is 13.4. The van der Waals surface area contributed by atoms with Crippen LogP contribution in [0.2, 0.25) is 0 Å². The van der Waals surface area contributed by atoms with Gasteiger partial charge in [-0.05, 0) is 35.2 Å². The molecule has 33 heavy (non-hydrogen) atoms. The number of hydrogen-bond acceptors (Lipinski definition) is 5. The van der Waals surface area contributed by atoms with E-state index in [2.05, 4.69) is 16.8 Å². The van der Waals surface area contributed by atoms with Crippen molar-refractivity contribution in [3.63, 3.8) is 0 Å². The first kappa shape index (κ1) is 23.0. The van der Waals surface area contributed by atoms with E-state index in [4.69, 9.17) is 4.74 Å². The zero-order chi connectivity index (χ0) is 23.0. The SMILES string of the molecule is CCc1ccc(C(O)CN(Cc2ccccc2)C(=O)c2ccc(N3CCOCC3)nc2)cc1. The number of nitrogens with zero attached hydrogens (tertiary/aromatic N) is 3. The zero-order valence-corrected chi connectivity index (χ0v) is 19.1. The summed E-state index contributed by atoms with van der Waals surface area (Å²) < 4.78 is 5.40. The van der Waals surface area contributed by atoms with Crippen molar-refractivity contribution in [3.05, 3.63) is 95.2 Å². The number of aryl methyl sites for hydroxylation is 1. The van der Waals surface area contributed by atoms with Gasteiger partial charge >= 0.3 is 0 Å². The molecule has 1 aliphatic rings. The summed E-state index contributed by atoms with van der Waals surface area (Å²) in [4.78, 5) is 21.8. The molecular weight excluding hydrogens is 414 g/mol. The van der Waals surface area contributed by atoms with Crippen LogP contribution < -0.4 is 4.90 Å². The molecule has 2 aromatic carbocycles. The Labute approximate surface area is 195 Å². The molecule has 1 amide bonds. The quantitative estimate of drug-likeness (QED) is 0.570. The first-order valence-electron chi connectivity index (χ1n) is 11.5. The van der Waals surface area contributed by atoms with Gasteiger partial charge in [-0.1, -0.05) is 61.5 Å². The second-order valence-corrected chi connectivity index (χ2v) is 8.29. The van der Waals surface area contributed by atoms with Gasteiger partial charge < -0.3 is 19.6 Å². The van der Waals surface area contributed by atoms with Crippen molar-refractivity contribution in [3.8, 4) is 0 Å². The normalized spacial score (nSPS) is 14.7. The average Bonchev–Trinajstić information content (AvgIpc) is 2.89. The Kier molecular flexibility index (Phi) is 7.70. The van der Waals surface area contributed by atoms with Crippen LogP contribution in [0.15, 0.2) is 72.9 Å². The highest BCUT2D eigenvalue weighted by Crippen LogP contribution is 2.20. The number of aliphatic hydroxyl groups is 1. The van der Waals surface area contributed by atoms with E-state index >= 15 is 0 Å². The number of aromatic nitrogens is 1. The first-order valence-corrected chi connectivity index (χ1v) is 11.5. The van der Waals surface area contributed by atoms with Gasteiger partial charge in [-0.25, -0.2) is 4.98 Å². The summed E-state index contributed by atoms with van der Waals surface area (Å²) in [6, 6.07) is 21.5. The molecule has 1 aromatic heterocycles. The number of carbonyl (C=O) groups is 1. The van der Waals surface area contributed by atoms with Gasteiger partial charge in [-0.2, -0.15) is 0 Å². The fourth-order valence-corrected chi connectivity index (χ4v) is 3.99. The molecule has 0 aliphatic carbocycles. The highest BCUT2D eigenvalue weighted by atomic mass is 16.5. The molecule has 0 saturated carbocycles. The van der Waals surface area contributed by atoms with E-state index in [-0.39, 0.29) is 12.5 Å². The summed E-state index contributed by atoms with van der Waals surface area (Å²) in [6.45, 7) is 5.67. The van der Waals surface area contributed by atoms with Crippen LogP contribution >= 0.6 is 0 Å². The van der Waals surface area contributed by atoms with Gasteiger partial charge in [-0.15, -0.1) is 0 Å². The van der Waals surface area contributed by atoms with Crippen LogP contribution in [0, 0.1) is 0 Å². The number of aliphatic hydroxyl groups excluding tert-OH is 1. The van der Waals surface area contributed by atoms with Gasteiger partial charge in [0, 0.05) is 25.8 Å². The Morgan fingerprint density at radius 1 is 1.03 bits per heavy atom. The molecule has 1 saturated heterocycles. The van der Waals surface area contributed by atoms with Crippen molar-refractivity contribution in [1.29, 1.82) is 0 Å². The summed E-state index contributed by atoms with van der Waals surface area (Å²) in [5.41, 5.74) is 3.54. The number of anilines is 1. The summed E-state index contributed by atoms with van der Waals surface area (Å²) in [6.07, 6.45) is 1.81. The van der Waals surface area contributed by atoms with Crippen molar-refractivity contribution in [2.45, 2.75) is 26.0 Å². The minimum Gasteiger partial charge on any atom is -0.387 e. The number of carbonyl (C=O) groups excluding carboxylic acids is 1. The van der Waals surface area contributed by atoms with E-state index < -0.39 is 6.10 Å². The van der Waals surface area contributed by atoms with Crippen molar-refractivity contribution in [1.82, 2.24) is 9.88 Å².